The minimum absolute atomic E-state index is 0.0961. The number of ether oxygens (including phenoxy) is 2. The lowest BCUT2D eigenvalue weighted by Crippen LogP contribution is -2.49. The maximum atomic E-state index is 13.3. The molecule has 5 rings (SSSR count). The zero-order chi connectivity index (χ0) is 21.6. The van der Waals surface area contributed by atoms with Crippen LogP contribution in [-0.4, -0.2) is 42.6 Å². The Balaban J connectivity index is 1.29. The molecular formula is C24H22N2O5. The fourth-order valence-electron chi connectivity index (χ4n) is 4.61. The highest BCUT2D eigenvalue weighted by Crippen LogP contribution is 2.52. The minimum Gasteiger partial charge on any atom is -0.484 e. The van der Waals surface area contributed by atoms with Crippen molar-refractivity contribution >= 4 is 23.4 Å². The maximum Gasteiger partial charge on any atom is 0.258 e. The Bertz CT molecular complexity index is 1070. The number of nitrogens with zero attached hydrogens (tertiary/aromatic N) is 1. The molecule has 0 aliphatic carbocycles. The standard InChI is InChI=1S/C24H22N2O5/c1-15-7-9-16(10-8-15)26-22(28)20-18-11-12-24(31-18,21(20)23(26)29)14-25-19(27)13-30-17-5-3-2-4-6-17/h2-12,18,20-21H,13-14H2,1H3,(H,25,27)/t18-,20-,21+,24+/m0/s1. The summed E-state index contributed by atoms with van der Waals surface area (Å²) in [5.41, 5.74) is 0.582. The van der Waals surface area contributed by atoms with Gasteiger partial charge in [0.2, 0.25) is 11.8 Å². The number of carbonyl (C=O) groups is 3. The number of anilines is 1. The van der Waals surface area contributed by atoms with Crippen LogP contribution in [0.4, 0.5) is 5.69 Å². The fraction of sp³-hybridized carbons (Fsp3) is 0.292. The van der Waals surface area contributed by atoms with Gasteiger partial charge in [0.1, 0.15) is 11.4 Å². The van der Waals surface area contributed by atoms with Gasteiger partial charge in [-0.3, -0.25) is 14.4 Å². The molecule has 3 aliphatic heterocycles. The van der Waals surface area contributed by atoms with Gasteiger partial charge in [0, 0.05) is 0 Å². The number of carbonyl (C=O) groups excluding carboxylic acids is 3. The van der Waals surface area contributed by atoms with E-state index in [1.165, 1.54) is 4.90 Å². The number of para-hydroxylation sites is 1. The van der Waals surface area contributed by atoms with Crippen molar-refractivity contribution in [3.8, 4) is 5.75 Å². The summed E-state index contributed by atoms with van der Waals surface area (Å²) < 4.78 is 11.5. The van der Waals surface area contributed by atoms with Crippen LogP contribution >= 0.6 is 0 Å². The molecule has 3 heterocycles. The van der Waals surface area contributed by atoms with Gasteiger partial charge in [-0.05, 0) is 31.2 Å². The van der Waals surface area contributed by atoms with E-state index in [9.17, 15) is 14.4 Å². The monoisotopic (exact) mass is 418 g/mol. The van der Waals surface area contributed by atoms with Crippen LogP contribution in [0.5, 0.6) is 5.75 Å². The van der Waals surface area contributed by atoms with Crippen molar-refractivity contribution in [1.82, 2.24) is 5.32 Å². The highest BCUT2D eigenvalue weighted by molar-refractivity contribution is 6.23. The van der Waals surface area contributed by atoms with Crippen molar-refractivity contribution in [2.45, 2.75) is 18.6 Å². The molecule has 4 atom stereocenters. The van der Waals surface area contributed by atoms with E-state index >= 15 is 0 Å². The summed E-state index contributed by atoms with van der Waals surface area (Å²) in [7, 11) is 0. The van der Waals surface area contributed by atoms with Crippen LogP contribution in [0.25, 0.3) is 0 Å². The number of rotatable bonds is 6. The van der Waals surface area contributed by atoms with Gasteiger partial charge in [-0.15, -0.1) is 0 Å². The summed E-state index contributed by atoms with van der Waals surface area (Å²) in [4.78, 5) is 40.0. The Hall–Kier alpha value is -3.45. The molecule has 2 aromatic rings. The Labute approximate surface area is 179 Å². The van der Waals surface area contributed by atoms with E-state index in [0.29, 0.717) is 11.4 Å². The number of aryl methyl sites for hydroxylation is 1. The van der Waals surface area contributed by atoms with Crippen molar-refractivity contribution in [3.05, 3.63) is 72.3 Å². The first-order valence-corrected chi connectivity index (χ1v) is 10.2. The third kappa shape index (κ3) is 3.21. The molecule has 0 radical (unpaired) electrons. The van der Waals surface area contributed by atoms with E-state index in [1.54, 1.807) is 30.3 Å². The Kier molecular flexibility index (Phi) is 4.63. The number of amides is 3. The lowest BCUT2D eigenvalue weighted by atomic mass is 9.77. The van der Waals surface area contributed by atoms with Crippen molar-refractivity contribution in [2.75, 3.05) is 18.1 Å². The average molecular weight is 418 g/mol. The highest BCUT2D eigenvalue weighted by Gasteiger charge is 2.67. The fourth-order valence-corrected chi connectivity index (χ4v) is 4.61. The van der Waals surface area contributed by atoms with E-state index in [4.69, 9.17) is 9.47 Å². The number of hydrogen-bond acceptors (Lipinski definition) is 5. The van der Waals surface area contributed by atoms with Gasteiger partial charge < -0.3 is 14.8 Å². The summed E-state index contributed by atoms with van der Waals surface area (Å²) in [5.74, 6) is -1.51. The van der Waals surface area contributed by atoms with Gasteiger partial charge >= 0.3 is 0 Å². The molecule has 1 N–H and O–H groups in total. The Morgan fingerprint density at radius 3 is 2.58 bits per heavy atom. The minimum atomic E-state index is -1.02. The second-order valence-electron chi connectivity index (χ2n) is 8.13. The summed E-state index contributed by atoms with van der Waals surface area (Å²) in [6, 6.07) is 16.3. The Morgan fingerprint density at radius 2 is 1.84 bits per heavy atom. The molecule has 7 nitrogen and oxygen atoms in total. The normalized spacial score (nSPS) is 28.2. The predicted molar refractivity (Wildman–Crippen MR) is 112 cm³/mol. The number of imide groups is 1. The van der Waals surface area contributed by atoms with Crippen molar-refractivity contribution in [3.63, 3.8) is 0 Å². The van der Waals surface area contributed by atoms with Crippen LogP contribution in [-0.2, 0) is 19.1 Å². The number of hydrogen-bond donors (Lipinski definition) is 1. The second kappa shape index (κ2) is 7.35. The van der Waals surface area contributed by atoms with E-state index in [0.717, 1.165) is 5.56 Å². The van der Waals surface area contributed by atoms with Crippen molar-refractivity contribution in [1.29, 1.82) is 0 Å². The van der Waals surface area contributed by atoms with Crippen LogP contribution < -0.4 is 15.0 Å². The summed E-state index contributed by atoms with van der Waals surface area (Å²) >= 11 is 0. The highest BCUT2D eigenvalue weighted by atomic mass is 16.5. The van der Waals surface area contributed by atoms with Gasteiger partial charge in [-0.2, -0.15) is 0 Å². The molecule has 3 aliphatic rings. The predicted octanol–water partition coefficient (Wildman–Crippen LogP) is 2.00. The summed E-state index contributed by atoms with van der Waals surface area (Å²) in [5, 5.41) is 2.80. The summed E-state index contributed by atoms with van der Waals surface area (Å²) in [6.07, 6.45) is 3.16. The molecule has 3 amide bonds. The molecule has 0 saturated carbocycles. The molecule has 2 bridgehead atoms. The third-order valence-corrected chi connectivity index (χ3v) is 6.12. The van der Waals surface area contributed by atoms with Crippen LogP contribution in [0.2, 0.25) is 0 Å². The first-order valence-electron chi connectivity index (χ1n) is 10.2. The SMILES string of the molecule is Cc1ccc(N2C(=O)[C@H]3[C@@H]4C=C[C@](CNC(=O)COc5ccccc5)(O4)[C@H]3C2=O)cc1. The van der Waals surface area contributed by atoms with Crippen LogP contribution in [0, 0.1) is 18.8 Å². The van der Waals surface area contributed by atoms with Crippen LogP contribution in [0.3, 0.4) is 0 Å². The van der Waals surface area contributed by atoms with Crippen LogP contribution in [0.15, 0.2) is 66.7 Å². The average Bonchev–Trinajstić information content (AvgIpc) is 3.43. The van der Waals surface area contributed by atoms with E-state index in [2.05, 4.69) is 5.32 Å². The van der Waals surface area contributed by atoms with Crippen molar-refractivity contribution in [2.24, 2.45) is 11.8 Å². The van der Waals surface area contributed by atoms with Gasteiger partial charge in [0.25, 0.3) is 5.91 Å². The zero-order valence-electron chi connectivity index (χ0n) is 17.0. The first kappa shape index (κ1) is 19.5. The lowest BCUT2D eigenvalue weighted by Gasteiger charge is -2.29. The zero-order valence-corrected chi connectivity index (χ0v) is 17.0. The van der Waals surface area contributed by atoms with Gasteiger partial charge in [0.05, 0.1) is 30.2 Å². The number of fused-ring (bicyclic) bond motifs is 5. The molecule has 2 fully saturated rings. The third-order valence-electron chi connectivity index (χ3n) is 6.12. The first-order chi connectivity index (χ1) is 15.0. The topological polar surface area (TPSA) is 84.9 Å². The molecule has 31 heavy (non-hydrogen) atoms. The number of benzene rings is 2. The molecule has 0 spiro atoms. The molecule has 7 heteroatoms. The lowest BCUT2D eigenvalue weighted by molar-refractivity contribution is -0.129. The molecular weight excluding hydrogens is 396 g/mol. The Morgan fingerprint density at radius 1 is 1.10 bits per heavy atom. The van der Waals surface area contributed by atoms with E-state index in [-0.39, 0.29) is 30.9 Å². The maximum absolute atomic E-state index is 13.3. The van der Waals surface area contributed by atoms with Crippen molar-refractivity contribution < 1.29 is 23.9 Å². The van der Waals surface area contributed by atoms with Gasteiger partial charge in [-0.25, -0.2) is 4.90 Å². The van der Waals surface area contributed by atoms with Gasteiger partial charge in [-0.1, -0.05) is 48.0 Å². The molecule has 158 valence electrons. The molecule has 2 aromatic carbocycles. The van der Waals surface area contributed by atoms with E-state index in [1.807, 2.05) is 43.3 Å². The quantitative estimate of drug-likeness (QED) is 0.573. The smallest absolute Gasteiger partial charge is 0.258 e. The second-order valence-corrected chi connectivity index (χ2v) is 8.13. The molecule has 2 saturated heterocycles. The van der Waals surface area contributed by atoms with Gasteiger partial charge in [0.15, 0.2) is 6.61 Å². The molecule has 0 unspecified atom stereocenters. The van der Waals surface area contributed by atoms with E-state index < -0.39 is 23.5 Å². The molecule has 0 aromatic heterocycles. The number of nitrogens with one attached hydrogen (secondary N) is 1. The van der Waals surface area contributed by atoms with Crippen LogP contribution in [0.1, 0.15) is 5.56 Å². The summed E-state index contributed by atoms with van der Waals surface area (Å²) in [6.45, 7) is 1.89. The largest absolute Gasteiger partial charge is 0.484 e.